The van der Waals surface area contributed by atoms with E-state index in [0.717, 1.165) is 16.7 Å². The van der Waals surface area contributed by atoms with E-state index in [1.807, 2.05) is 54.6 Å². The first-order valence-corrected chi connectivity index (χ1v) is 11.6. The number of carbonyl (C=O) groups is 2. The lowest BCUT2D eigenvalue weighted by Gasteiger charge is -2.10. The molecule has 0 aliphatic heterocycles. The van der Waals surface area contributed by atoms with Crippen molar-refractivity contribution in [2.45, 2.75) is 13.5 Å². The molecule has 0 bridgehead atoms. The van der Waals surface area contributed by atoms with Gasteiger partial charge >= 0.3 is 12.6 Å². The van der Waals surface area contributed by atoms with Gasteiger partial charge in [0.1, 0.15) is 16.3 Å². The minimum absolute atomic E-state index is 0.0545. The van der Waals surface area contributed by atoms with Gasteiger partial charge in [-0.1, -0.05) is 54.6 Å². The maximum atomic E-state index is 12.8. The smallest absolute Gasteiger partial charge is 0.387 e. The average molecular weight is 494 g/mol. The Labute approximate surface area is 204 Å². The first-order valence-electron chi connectivity index (χ1n) is 10.8. The van der Waals surface area contributed by atoms with Crippen molar-refractivity contribution < 1.29 is 27.8 Å². The summed E-state index contributed by atoms with van der Waals surface area (Å²) in [6.07, 6.45) is 0. The molecular formula is C27H21F2NO4S. The molecule has 1 N–H and O–H groups in total. The van der Waals surface area contributed by atoms with Crippen LogP contribution in [-0.4, -0.2) is 25.1 Å². The summed E-state index contributed by atoms with van der Waals surface area (Å²) < 4.78 is 34.3. The Hall–Kier alpha value is -4.04. The average Bonchev–Trinajstić information content (AvgIpc) is 3.28. The van der Waals surface area contributed by atoms with Crippen LogP contribution in [0.5, 0.6) is 5.75 Å². The molecule has 1 aromatic heterocycles. The fourth-order valence-corrected chi connectivity index (χ4v) is 4.46. The Kier molecular flexibility index (Phi) is 7.52. The van der Waals surface area contributed by atoms with Crippen LogP contribution in [0, 0.1) is 0 Å². The zero-order valence-corrected chi connectivity index (χ0v) is 19.5. The number of rotatable bonds is 8. The van der Waals surface area contributed by atoms with Crippen molar-refractivity contribution in [3.63, 3.8) is 0 Å². The van der Waals surface area contributed by atoms with Crippen LogP contribution in [0.2, 0.25) is 0 Å². The predicted molar refractivity (Wildman–Crippen MR) is 132 cm³/mol. The molecule has 0 radical (unpaired) electrons. The number of esters is 1. The van der Waals surface area contributed by atoms with Gasteiger partial charge < -0.3 is 14.8 Å². The molecule has 0 aliphatic rings. The summed E-state index contributed by atoms with van der Waals surface area (Å²) in [5, 5.41) is 4.87. The SMILES string of the molecule is CCOC(=O)c1c(-c2ccc(-c3ccccc3)cc2)csc1NC(=O)c1ccc(OC(F)F)cc1. The van der Waals surface area contributed by atoms with Crippen molar-refractivity contribution >= 4 is 28.2 Å². The standard InChI is InChI=1S/C27H21F2NO4S/c1-2-33-26(32)23-22(19-10-8-18(9-11-19)17-6-4-3-5-7-17)16-35-25(23)30-24(31)20-12-14-21(15-13-20)34-27(28)29/h3-16,27H,2H2,1H3,(H,30,31). The molecule has 0 saturated heterocycles. The van der Waals surface area contributed by atoms with Gasteiger partial charge in [0, 0.05) is 16.5 Å². The third kappa shape index (κ3) is 5.73. The summed E-state index contributed by atoms with van der Waals surface area (Å²) in [5.41, 5.74) is 4.05. The molecule has 0 spiro atoms. The summed E-state index contributed by atoms with van der Waals surface area (Å²) >= 11 is 1.20. The van der Waals surface area contributed by atoms with Crippen molar-refractivity contribution in [3.05, 3.63) is 95.4 Å². The van der Waals surface area contributed by atoms with Crippen LogP contribution >= 0.6 is 11.3 Å². The van der Waals surface area contributed by atoms with Crippen LogP contribution in [0.15, 0.2) is 84.2 Å². The fraction of sp³-hybridized carbons (Fsp3) is 0.111. The maximum absolute atomic E-state index is 12.8. The van der Waals surface area contributed by atoms with Gasteiger partial charge in [-0.05, 0) is 47.9 Å². The monoisotopic (exact) mass is 493 g/mol. The van der Waals surface area contributed by atoms with Crippen LogP contribution in [0.3, 0.4) is 0 Å². The zero-order chi connectivity index (χ0) is 24.8. The normalized spacial score (nSPS) is 10.7. The number of carbonyl (C=O) groups excluding carboxylic acids is 2. The van der Waals surface area contributed by atoms with Crippen LogP contribution in [0.1, 0.15) is 27.6 Å². The summed E-state index contributed by atoms with van der Waals surface area (Å²) in [5.74, 6) is -1.10. The molecular weight excluding hydrogens is 472 g/mol. The van der Waals surface area contributed by atoms with Crippen molar-refractivity contribution in [2.24, 2.45) is 0 Å². The molecule has 8 heteroatoms. The van der Waals surface area contributed by atoms with Gasteiger partial charge in [0.15, 0.2) is 0 Å². The first kappa shape index (κ1) is 24.1. The lowest BCUT2D eigenvalue weighted by atomic mass is 9.99. The number of halogens is 2. The highest BCUT2D eigenvalue weighted by molar-refractivity contribution is 7.15. The number of anilines is 1. The van der Waals surface area contributed by atoms with E-state index in [4.69, 9.17) is 4.74 Å². The Morgan fingerprint density at radius 1 is 0.886 bits per heavy atom. The molecule has 0 aliphatic carbocycles. The Morgan fingerprint density at radius 2 is 1.51 bits per heavy atom. The molecule has 1 heterocycles. The van der Waals surface area contributed by atoms with E-state index >= 15 is 0 Å². The van der Waals surface area contributed by atoms with Gasteiger partial charge in [-0.15, -0.1) is 11.3 Å². The summed E-state index contributed by atoms with van der Waals surface area (Å²) in [4.78, 5) is 25.6. The Morgan fingerprint density at radius 3 is 2.14 bits per heavy atom. The quantitative estimate of drug-likeness (QED) is 0.266. The Balaban J connectivity index is 1.61. The largest absolute Gasteiger partial charge is 0.462 e. The highest BCUT2D eigenvalue weighted by Crippen LogP contribution is 2.37. The number of ether oxygens (including phenoxy) is 2. The van der Waals surface area contributed by atoms with E-state index < -0.39 is 18.5 Å². The molecule has 0 unspecified atom stereocenters. The molecule has 0 atom stereocenters. The lowest BCUT2D eigenvalue weighted by molar-refractivity contribution is -0.0498. The topological polar surface area (TPSA) is 64.6 Å². The zero-order valence-electron chi connectivity index (χ0n) is 18.7. The molecule has 3 aromatic carbocycles. The molecule has 4 rings (SSSR count). The molecule has 178 valence electrons. The molecule has 1 amide bonds. The number of amides is 1. The summed E-state index contributed by atoms with van der Waals surface area (Å²) in [6, 6.07) is 23.0. The lowest BCUT2D eigenvalue weighted by Crippen LogP contribution is -2.15. The van der Waals surface area contributed by atoms with Crippen molar-refractivity contribution in [1.29, 1.82) is 0 Å². The number of alkyl halides is 2. The minimum atomic E-state index is -2.95. The van der Waals surface area contributed by atoms with Crippen molar-refractivity contribution in [1.82, 2.24) is 0 Å². The van der Waals surface area contributed by atoms with Gasteiger partial charge in [-0.3, -0.25) is 4.79 Å². The van der Waals surface area contributed by atoms with Crippen LogP contribution in [0.4, 0.5) is 13.8 Å². The summed E-state index contributed by atoms with van der Waals surface area (Å²) in [6.45, 7) is -1.06. The summed E-state index contributed by atoms with van der Waals surface area (Å²) in [7, 11) is 0. The molecule has 4 aromatic rings. The third-order valence-corrected chi connectivity index (χ3v) is 6.04. The second kappa shape index (κ2) is 10.9. The van der Waals surface area contributed by atoms with Crippen LogP contribution < -0.4 is 10.1 Å². The van der Waals surface area contributed by atoms with E-state index in [-0.39, 0.29) is 23.5 Å². The first-order chi connectivity index (χ1) is 17.0. The number of benzene rings is 3. The number of thiophene rings is 1. The number of hydrogen-bond acceptors (Lipinski definition) is 5. The molecule has 0 saturated carbocycles. The fourth-order valence-electron chi connectivity index (χ4n) is 3.50. The second-order valence-electron chi connectivity index (χ2n) is 7.37. The van der Waals surface area contributed by atoms with Gasteiger partial charge in [0.05, 0.1) is 6.61 Å². The van der Waals surface area contributed by atoms with Gasteiger partial charge in [-0.25, -0.2) is 4.79 Å². The van der Waals surface area contributed by atoms with E-state index in [0.29, 0.717) is 10.6 Å². The molecule has 35 heavy (non-hydrogen) atoms. The van der Waals surface area contributed by atoms with Gasteiger partial charge in [0.25, 0.3) is 5.91 Å². The van der Waals surface area contributed by atoms with Crippen molar-refractivity contribution in [3.8, 4) is 28.0 Å². The van der Waals surface area contributed by atoms with Crippen LogP contribution in [0.25, 0.3) is 22.3 Å². The highest BCUT2D eigenvalue weighted by atomic mass is 32.1. The molecule has 5 nitrogen and oxygen atoms in total. The molecule has 0 fully saturated rings. The predicted octanol–water partition coefficient (Wildman–Crippen LogP) is 7.11. The maximum Gasteiger partial charge on any atom is 0.387 e. The Bertz CT molecular complexity index is 1300. The minimum Gasteiger partial charge on any atom is -0.462 e. The highest BCUT2D eigenvalue weighted by Gasteiger charge is 2.23. The van der Waals surface area contributed by atoms with Crippen LogP contribution in [-0.2, 0) is 4.74 Å². The second-order valence-corrected chi connectivity index (χ2v) is 8.25. The number of nitrogens with one attached hydrogen (secondary N) is 1. The van der Waals surface area contributed by atoms with Gasteiger partial charge in [0.2, 0.25) is 0 Å². The van der Waals surface area contributed by atoms with E-state index in [1.165, 1.54) is 35.6 Å². The number of hydrogen-bond donors (Lipinski definition) is 1. The van der Waals surface area contributed by atoms with E-state index in [2.05, 4.69) is 10.1 Å². The van der Waals surface area contributed by atoms with E-state index in [9.17, 15) is 18.4 Å². The third-order valence-electron chi connectivity index (χ3n) is 5.14. The van der Waals surface area contributed by atoms with E-state index in [1.54, 1.807) is 12.3 Å². The van der Waals surface area contributed by atoms with Crippen molar-refractivity contribution in [2.75, 3.05) is 11.9 Å². The van der Waals surface area contributed by atoms with Gasteiger partial charge in [-0.2, -0.15) is 8.78 Å².